The second-order valence-corrected chi connectivity index (χ2v) is 6.82. The summed E-state index contributed by atoms with van der Waals surface area (Å²) in [5, 5.41) is 19.7. The van der Waals surface area contributed by atoms with Crippen LogP contribution in [-0.4, -0.2) is 22.5 Å². The van der Waals surface area contributed by atoms with Gasteiger partial charge in [-0.2, -0.15) is 5.26 Å². The number of anilines is 1. The molecule has 1 aliphatic heterocycles. The van der Waals surface area contributed by atoms with Gasteiger partial charge in [0.25, 0.3) is 17.5 Å². The lowest BCUT2D eigenvalue weighted by molar-refractivity contribution is -0.384. The summed E-state index contributed by atoms with van der Waals surface area (Å²) in [4.78, 5) is 37.6. The Kier molecular flexibility index (Phi) is 5.05. The van der Waals surface area contributed by atoms with Gasteiger partial charge in [-0.15, -0.1) is 11.8 Å². The fraction of sp³-hybridized carbons (Fsp3) is 0.105. The standard InChI is InChI=1S/C19H13N3O4S/c1-2-27-17-16(13-5-9-15(10-6-13)22(25)26)18(23)21(19(17)24)14-7-3-12(11-20)4-8-14/h3-10H,2H2,1H3. The quantitative estimate of drug-likeness (QED) is 0.447. The van der Waals surface area contributed by atoms with Crippen LogP contribution >= 0.6 is 11.8 Å². The smallest absolute Gasteiger partial charge is 0.268 e. The Labute approximate surface area is 159 Å². The number of non-ortho nitro benzene ring substituents is 1. The van der Waals surface area contributed by atoms with E-state index in [1.54, 1.807) is 12.1 Å². The molecule has 134 valence electrons. The van der Waals surface area contributed by atoms with Crippen LogP contribution in [0.3, 0.4) is 0 Å². The molecule has 0 atom stereocenters. The molecule has 0 aliphatic carbocycles. The number of nitro benzene ring substituents is 1. The van der Waals surface area contributed by atoms with Crippen LogP contribution in [-0.2, 0) is 9.59 Å². The molecule has 1 aliphatic rings. The molecule has 0 N–H and O–H groups in total. The summed E-state index contributed by atoms with van der Waals surface area (Å²) in [6.45, 7) is 1.87. The monoisotopic (exact) mass is 379 g/mol. The van der Waals surface area contributed by atoms with Crippen molar-refractivity contribution in [2.45, 2.75) is 6.92 Å². The third-order valence-electron chi connectivity index (χ3n) is 3.95. The Hall–Kier alpha value is -3.44. The van der Waals surface area contributed by atoms with Crippen LogP contribution in [0.4, 0.5) is 11.4 Å². The Bertz CT molecular complexity index is 1000. The van der Waals surface area contributed by atoms with Crippen LogP contribution in [0.25, 0.3) is 5.57 Å². The lowest BCUT2D eigenvalue weighted by Gasteiger charge is -2.15. The molecule has 27 heavy (non-hydrogen) atoms. The fourth-order valence-electron chi connectivity index (χ4n) is 2.71. The predicted octanol–water partition coefficient (Wildman–Crippen LogP) is 3.50. The minimum absolute atomic E-state index is 0.0928. The Balaban J connectivity index is 2.04. The molecule has 0 spiro atoms. The molecular formula is C19H13N3O4S. The number of thioether (sulfide) groups is 1. The molecule has 2 aromatic rings. The molecule has 0 saturated carbocycles. The maximum atomic E-state index is 13.0. The summed E-state index contributed by atoms with van der Waals surface area (Å²) in [7, 11) is 0. The molecule has 0 fully saturated rings. The van der Waals surface area contributed by atoms with Crippen molar-refractivity contribution in [1.82, 2.24) is 0 Å². The van der Waals surface area contributed by atoms with Crippen LogP contribution in [0.15, 0.2) is 53.4 Å². The third-order valence-corrected chi connectivity index (χ3v) is 4.91. The summed E-state index contributed by atoms with van der Waals surface area (Å²) in [5.41, 5.74) is 1.38. The van der Waals surface area contributed by atoms with Gasteiger partial charge < -0.3 is 0 Å². The number of nitro groups is 1. The SMILES string of the molecule is CCSC1=C(c2ccc([N+](=O)[O-])cc2)C(=O)N(c2ccc(C#N)cc2)C1=O. The van der Waals surface area contributed by atoms with Crippen molar-refractivity contribution in [3.05, 3.63) is 74.7 Å². The average Bonchev–Trinajstić information content (AvgIpc) is 2.92. The van der Waals surface area contributed by atoms with E-state index in [1.807, 2.05) is 13.0 Å². The van der Waals surface area contributed by atoms with E-state index in [4.69, 9.17) is 5.26 Å². The Morgan fingerprint density at radius 1 is 1.07 bits per heavy atom. The first kappa shape index (κ1) is 18.4. The number of imide groups is 1. The van der Waals surface area contributed by atoms with Gasteiger partial charge in [-0.3, -0.25) is 19.7 Å². The molecule has 1 heterocycles. The highest BCUT2D eigenvalue weighted by molar-refractivity contribution is 8.04. The topological polar surface area (TPSA) is 104 Å². The van der Waals surface area contributed by atoms with Crippen molar-refractivity contribution in [2.75, 3.05) is 10.7 Å². The molecule has 8 heteroatoms. The number of nitrogens with zero attached hydrogens (tertiary/aromatic N) is 3. The Morgan fingerprint density at radius 2 is 1.70 bits per heavy atom. The lowest BCUT2D eigenvalue weighted by Crippen LogP contribution is -2.31. The molecule has 2 aromatic carbocycles. The van der Waals surface area contributed by atoms with Gasteiger partial charge in [0.05, 0.1) is 32.7 Å². The van der Waals surface area contributed by atoms with E-state index in [-0.39, 0.29) is 11.3 Å². The number of hydrogen-bond donors (Lipinski definition) is 0. The fourth-order valence-corrected chi connectivity index (χ4v) is 3.56. The van der Waals surface area contributed by atoms with Crippen LogP contribution in [0.2, 0.25) is 0 Å². The Morgan fingerprint density at radius 3 is 2.22 bits per heavy atom. The summed E-state index contributed by atoms with van der Waals surface area (Å²) < 4.78 is 0. The number of carbonyl (C=O) groups excluding carboxylic acids is 2. The highest BCUT2D eigenvalue weighted by atomic mass is 32.2. The number of hydrogen-bond acceptors (Lipinski definition) is 6. The van der Waals surface area contributed by atoms with Gasteiger partial charge in [0.1, 0.15) is 0 Å². The third kappa shape index (κ3) is 3.32. The first-order chi connectivity index (χ1) is 13.0. The molecule has 0 unspecified atom stereocenters. The van der Waals surface area contributed by atoms with Crippen molar-refractivity contribution in [3.8, 4) is 6.07 Å². The van der Waals surface area contributed by atoms with Gasteiger partial charge in [-0.05, 0) is 47.7 Å². The summed E-state index contributed by atoms with van der Waals surface area (Å²) in [6.07, 6.45) is 0. The minimum atomic E-state index is -0.523. The van der Waals surface area contributed by atoms with E-state index in [2.05, 4.69) is 0 Å². The van der Waals surface area contributed by atoms with E-state index in [0.717, 1.165) is 4.90 Å². The molecule has 0 radical (unpaired) electrons. The zero-order valence-corrected chi connectivity index (χ0v) is 15.0. The summed E-state index contributed by atoms with van der Waals surface area (Å²) in [5.74, 6) is -0.342. The number of nitriles is 1. The molecule has 0 bridgehead atoms. The molecule has 2 amide bonds. The second-order valence-electron chi connectivity index (χ2n) is 5.55. The highest BCUT2D eigenvalue weighted by Gasteiger charge is 2.40. The van der Waals surface area contributed by atoms with Crippen molar-refractivity contribution in [1.29, 1.82) is 5.26 Å². The van der Waals surface area contributed by atoms with Crippen LogP contribution in [0, 0.1) is 21.4 Å². The predicted molar refractivity (Wildman–Crippen MR) is 102 cm³/mol. The van der Waals surface area contributed by atoms with E-state index in [0.29, 0.717) is 27.5 Å². The number of benzene rings is 2. The molecular weight excluding hydrogens is 366 g/mol. The zero-order chi connectivity index (χ0) is 19.6. The van der Waals surface area contributed by atoms with Gasteiger partial charge >= 0.3 is 0 Å². The average molecular weight is 379 g/mol. The van der Waals surface area contributed by atoms with Crippen molar-refractivity contribution in [2.24, 2.45) is 0 Å². The largest absolute Gasteiger partial charge is 0.272 e. The van der Waals surface area contributed by atoms with E-state index in [9.17, 15) is 19.7 Å². The minimum Gasteiger partial charge on any atom is -0.268 e. The first-order valence-electron chi connectivity index (χ1n) is 7.98. The van der Waals surface area contributed by atoms with Gasteiger partial charge in [0.2, 0.25) is 0 Å². The maximum Gasteiger partial charge on any atom is 0.272 e. The highest BCUT2D eigenvalue weighted by Crippen LogP contribution is 2.38. The normalized spacial score (nSPS) is 13.9. The molecule has 7 nitrogen and oxygen atoms in total. The van der Waals surface area contributed by atoms with Crippen LogP contribution in [0.1, 0.15) is 18.1 Å². The summed E-state index contributed by atoms with van der Waals surface area (Å²) >= 11 is 1.25. The maximum absolute atomic E-state index is 13.0. The molecule has 3 rings (SSSR count). The zero-order valence-electron chi connectivity index (χ0n) is 14.2. The first-order valence-corrected chi connectivity index (χ1v) is 8.97. The number of rotatable bonds is 5. The van der Waals surface area contributed by atoms with Crippen molar-refractivity contribution < 1.29 is 14.5 Å². The van der Waals surface area contributed by atoms with Crippen molar-refractivity contribution in [3.63, 3.8) is 0 Å². The molecule has 0 saturated heterocycles. The number of amides is 2. The van der Waals surface area contributed by atoms with Crippen LogP contribution < -0.4 is 4.90 Å². The van der Waals surface area contributed by atoms with E-state index >= 15 is 0 Å². The van der Waals surface area contributed by atoms with Gasteiger partial charge in [-0.25, -0.2) is 4.90 Å². The second kappa shape index (κ2) is 7.43. The van der Waals surface area contributed by atoms with Gasteiger partial charge in [0.15, 0.2) is 0 Å². The summed E-state index contributed by atoms with van der Waals surface area (Å²) in [6, 6.07) is 13.7. The van der Waals surface area contributed by atoms with Gasteiger partial charge in [-0.1, -0.05) is 6.92 Å². The lowest BCUT2D eigenvalue weighted by atomic mass is 10.1. The van der Waals surface area contributed by atoms with E-state index < -0.39 is 16.7 Å². The van der Waals surface area contributed by atoms with E-state index in [1.165, 1.54) is 48.2 Å². The number of carbonyl (C=O) groups is 2. The van der Waals surface area contributed by atoms with Crippen LogP contribution in [0.5, 0.6) is 0 Å². The van der Waals surface area contributed by atoms with Gasteiger partial charge in [0, 0.05) is 12.1 Å². The van der Waals surface area contributed by atoms with Crippen molar-refractivity contribution >= 4 is 40.5 Å². The molecule has 0 aromatic heterocycles.